The fourth-order valence-corrected chi connectivity index (χ4v) is 6.38. The number of aromatic nitrogens is 1. The molecule has 1 aliphatic rings. The standard InChI is InChI=1S/C38H31N3O5S/c1-3-44-31-21-27(19-20-30(31)46-24-26-17-15-25(23-39)16-18-26)22-32-36(42)41-35(29-13-9-6-10-14-29)33(37(43)45-4-2)34(40-38(41)47-32)28-11-7-5-8-12-28/h5-22,35H,3-4,24H2,1-2H3/b32-22-/t35-/m1/s1. The summed E-state index contributed by atoms with van der Waals surface area (Å²) in [5.41, 5.74) is 4.30. The molecule has 234 valence electrons. The number of carbonyl (C=O) groups is 1. The first-order valence-corrected chi connectivity index (χ1v) is 16.0. The maximum Gasteiger partial charge on any atom is 0.338 e. The van der Waals surface area contributed by atoms with Crippen LogP contribution in [0, 0.1) is 11.3 Å². The lowest BCUT2D eigenvalue weighted by Crippen LogP contribution is -2.39. The van der Waals surface area contributed by atoms with Crippen molar-refractivity contribution in [1.29, 1.82) is 5.26 Å². The number of carbonyl (C=O) groups excluding carboxylic acids is 1. The van der Waals surface area contributed by atoms with E-state index in [0.717, 1.165) is 22.3 Å². The van der Waals surface area contributed by atoms with Crippen molar-refractivity contribution < 1.29 is 19.0 Å². The number of thiazole rings is 1. The molecule has 0 fully saturated rings. The van der Waals surface area contributed by atoms with E-state index in [4.69, 9.17) is 24.5 Å². The first-order valence-electron chi connectivity index (χ1n) is 15.2. The van der Waals surface area contributed by atoms with E-state index in [-0.39, 0.29) is 12.2 Å². The zero-order valence-electron chi connectivity index (χ0n) is 25.9. The maximum absolute atomic E-state index is 14.2. The number of benzene rings is 4. The third-order valence-corrected chi connectivity index (χ3v) is 8.51. The Labute approximate surface area is 275 Å². The highest BCUT2D eigenvalue weighted by molar-refractivity contribution is 7.07. The topological polar surface area (TPSA) is 103 Å². The van der Waals surface area contributed by atoms with Crippen molar-refractivity contribution in [2.75, 3.05) is 13.2 Å². The second-order valence-corrected chi connectivity index (χ2v) is 11.6. The van der Waals surface area contributed by atoms with Crippen molar-refractivity contribution in [2.24, 2.45) is 4.99 Å². The van der Waals surface area contributed by atoms with Crippen LogP contribution in [0.5, 0.6) is 11.5 Å². The van der Waals surface area contributed by atoms with Crippen molar-refractivity contribution in [1.82, 2.24) is 4.57 Å². The van der Waals surface area contributed by atoms with Crippen molar-refractivity contribution in [2.45, 2.75) is 26.5 Å². The predicted molar refractivity (Wildman–Crippen MR) is 181 cm³/mol. The van der Waals surface area contributed by atoms with Gasteiger partial charge in [-0.2, -0.15) is 5.26 Å². The molecule has 0 amide bonds. The summed E-state index contributed by atoms with van der Waals surface area (Å²) in [5, 5.41) is 9.06. The van der Waals surface area contributed by atoms with Crippen LogP contribution in [-0.4, -0.2) is 23.8 Å². The fraction of sp³-hybridized carbons (Fsp3) is 0.158. The normalized spacial score (nSPS) is 14.1. The molecule has 0 saturated heterocycles. The molecule has 5 aromatic rings. The predicted octanol–water partition coefficient (Wildman–Crippen LogP) is 5.78. The van der Waals surface area contributed by atoms with Gasteiger partial charge in [-0.3, -0.25) is 9.36 Å². The number of hydrogen-bond acceptors (Lipinski definition) is 8. The van der Waals surface area contributed by atoms with Gasteiger partial charge in [0.25, 0.3) is 5.56 Å². The van der Waals surface area contributed by atoms with Gasteiger partial charge < -0.3 is 14.2 Å². The summed E-state index contributed by atoms with van der Waals surface area (Å²) < 4.78 is 19.5. The Morgan fingerprint density at radius 3 is 2.32 bits per heavy atom. The van der Waals surface area contributed by atoms with Gasteiger partial charge in [0.2, 0.25) is 0 Å². The van der Waals surface area contributed by atoms with Gasteiger partial charge in [0.15, 0.2) is 16.3 Å². The molecule has 9 heteroatoms. The van der Waals surface area contributed by atoms with Crippen LogP contribution in [0.1, 0.15) is 47.7 Å². The lowest BCUT2D eigenvalue weighted by Gasteiger charge is -2.25. The van der Waals surface area contributed by atoms with E-state index in [2.05, 4.69) is 6.07 Å². The van der Waals surface area contributed by atoms with Crippen molar-refractivity contribution in [3.05, 3.63) is 156 Å². The Morgan fingerprint density at radius 2 is 1.64 bits per heavy atom. The number of nitriles is 1. The van der Waals surface area contributed by atoms with E-state index in [1.165, 1.54) is 11.3 Å². The molecule has 6 rings (SSSR count). The zero-order chi connectivity index (χ0) is 32.8. The highest BCUT2D eigenvalue weighted by atomic mass is 32.1. The summed E-state index contributed by atoms with van der Waals surface area (Å²) in [6.07, 6.45) is 1.80. The van der Waals surface area contributed by atoms with Gasteiger partial charge in [-0.15, -0.1) is 0 Å². The van der Waals surface area contributed by atoms with Crippen LogP contribution in [0.3, 0.4) is 0 Å². The minimum absolute atomic E-state index is 0.186. The Balaban J connectivity index is 1.44. The molecule has 0 aliphatic carbocycles. The van der Waals surface area contributed by atoms with Gasteiger partial charge in [-0.25, -0.2) is 9.79 Å². The highest BCUT2D eigenvalue weighted by Crippen LogP contribution is 2.35. The Hall–Kier alpha value is -5.72. The van der Waals surface area contributed by atoms with E-state index in [0.29, 0.717) is 50.9 Å². The largest absolute Gasteiger partial charge is 0.490 e. The van der Waals surface area contributed by atoms with Gasteiger partial charge in [0.05, 0.1) is 46.7 Å². The average molecular weight is 642 g/mol. The molecule has 1 aliphatic heterocycles. The molecule has 47 heavy (non-hydrogen) atoms. The third kappa shape index (κ3) is 6.64. The molecule has 0 radical (unpaired) electrons. The molecule has 8 nitrogen and oxygen atoms in total. The molecular weight excluding hydrogens is 611 g/mol. The molecule has 0 N–H and O–H groups in total. The monoisotopic (exact) mass is 641 g/mol. The quantitative estimate of drug-likeness (QED) is 0.179. The molecule has 0 saturated carbocycles. The van der Waals surface area contributed by atoms with E-state index in [1.54, 1.807) is 29.7 Å². The summed E-state index contributed by atoms with van der Waals surface area (Å²) in [6.45, 7) is 4.56. The number of rotatable bonds is 10. The highest BCUT2D eigenvalue weighted by Gasteiger charge is 2.35. The summed E-state index contributed by atoms with van der Waals surface area (Å²) in [7, 11) is 0. The van der Waals surface area contributed by atoms with E-state index in [9.17, 15) is 9.59 Å². The molecule has 1 atom stereocenters. The number of esters is 1. The molecular formula is C38H31N3O5S. The van der Waals surface area contributed by atoms with Crippen LogP contribution in [0.2, 0.25) is 0 Å². The smallest absolute Gasteiger partial charge is 0.338 e. The van der Waals surface area contributed by atoms with Crippen LogP contribution in [0.4, 0.5) is 0 Å². The van der Waals surface area contributed by atoms with E-state index < -0.39 is 12.0 Å². The SMILES string of the molecule is CCOC(=O)C1=C(c2ccccc2)N=c2s/c(=C\c3ccc(OCc4ccc(C#N)cc4)c(OCC)c3)c(=O)n2[C@@H]1c1ccccc1. The first kappa shape index (κ1) is 31.3. The van der Waals surface area contributed by atoms with Gasteiger partial charge in [0.1, 0.15) is 6.61 Å². The minimum atomic E-state index is -0.735. The van der Waals surface area contributed by atoms with Crippen LogP contribution in [0.15, 0.2) is 118 Å². The number of fused-ring (bicyclic) bond motifs is 1. The van der Waals surface area contributed by atoms with Crippen LogP contribution in [0.25, 0.3) is 11.8 Å². The molecule has 2 heterocycles. The Bertz CT molecular complexity index is 2160. The second-order valence-electron chi connectivity index (χ2n) is 10.6. The van der Waals surface area contributed by atoms with Crippen LogP contribution < -0.4 is 24.4 Å². The molecule has 4 aromatic carbocycles. The Kier molecular flexibility index (Phi) is 9.41. The summed E-state index contributed by atoms with van der Waals surface area (Å²) >= 11 is 1.26. The van der Waals surface area contributed by atoms with Crippen molar-refractivity contribution >= 4 is 29.1 Å². The van der Waals surface area contributed by atoms with Gasteiger partial charge in [0, 0.05) is 5.56 Å². The molecule has 0 bridgehead atoms. The van der Waals surface area contributed by atoms with Crippen LogP contribution >= 0.6 is 11.3 Å². The fourth-order valence-electron chi connectivity index (χ4n) is 5.38. The number of hydrogen-bond donors (Lipinski definition) is 0. The number of nitrogens with zero attached hydrogens (tertiary/aromatic N) is 3. The Morgan fingerprint density at radius 1 is 0.915 bits per heavy atom. The van der Waals surface area contributed by atoms with Gasteiger partial charge >= 0.3 is 5.97 Å². The molecule has 1 aromatic heterocycles. The second kappa shape index (κ2) is 14.1. The maximum atomic E-state index is 14.2. The van der Waals surface area contributed by atoms with E-state index >= 15 is 0 Å². The van der Waals surface area contributed by atoms with Crippen LogP contribution in [-0.2, 0) is 16.1 Å². The third-order valence-electron chi connectivity index (χ3n) is 7.53. The van der Waals surface area contributed by atoms with E-state index in [1.807, 2.05) is 97.9 Å². The average Bonchev–Trinajstić information content (AvgIpc) is 3.42. The molecule has 0 spiro atoms. The van der Waals surface area contributed by atoms with Crippen molar-refractivity contribution in [3.8, 4) is 17.6 Å². The van der Waals surface area contributed by atoms with Crippen molar-refractivity contribution in [3.63, 3.8) is 0 Å². The number of ether oxygens (including phenoxy) is 3. The lowest BCUT2D eigenvalue weighted by atomic mass is 9.93. The van der Waals surface area contributed by atoms with Gasteiger partial charge in [-0.1, -0.05) is 90.2 Å². The first-order chi connectivity index (χ1) is 23.0. The minimum Gasteiger partial charge on any atom is -0.490 e. The lowest BCUT2D eigenvalue weighted by molar-refractivity contribution is -0.138. The summed E-state index contributed by atoms with van der Waals surface area (Å²) in [6, 6.07) is 33.1. The zero-order valence-corrected chi connectivity index (χ0v) is 26.7. The molecule has 0 unspecified atom stereocenters. The summed E-state index contributed by atoms with van der Waals surface area (Å²) in [4.78, 5) is 33.2. The summed E-state index contributed by atoms with van der Waals surface area (Å²) in [5.74, 6) is 0.586. The van der Waals surface area contributed by atoms with Gasteiger partial charge in [-0.05, 0) is 60.9 Å².